The Bertz CT molecular complexity index is 512. The van der Waals surface area contributed by atoms with Gasteiger partial charge in [0.05, 0.1) is 6.61 Å². The molecule has 4 rings (SSSR count). The van der Waals surface area contributed by atoms with Crippen LogP contribution in [0.3, 0.4) is 0 Å². The van der Waals surface area contributed by atoms with Crippen LogP contribution in [0.1, 0.15) is 72.1 Å². The number of hydrogen-bond acceptors (Lipinski definition) is 1. The lowest BCUT2D eigenvalue weighted by Crippen LogP contribution is -2.55. The summed E-state index contributed by atoms with van der Waals surface area (Å²) in [5.74, 6) is 2.65. The molecule has 28 heavy (non-hydrogen) atoms. The third-order valence-electron chi connectivity index (χ3n) is 8.22. The van der Waals surface area contributed by atoms with Crippen LogP contribution in [0.4, 0.5) is 26.3 Å². The van der Waals surface area contributed by atoms with Crippen LogP contribution in [-0.4, -0.2) is 25.1 Å². The zero-order valence-corrected chi connectivity index (χ0v) is 16.9. The Morgan fingerprint density at radius 1 is 0.857 bits per heavy atom. The van der Waals surface area contributed by atoms with E-state index in [-0.39, 0.29) is 5.41 Å². The summed E-state index contributed by atoms with van der Waals surface area (Å²) >= 11 is 0. The van der Waals surface area contributed by atoms with E-state index in [2.05, 4.69) is 11.7 Å². The van der Waals surface area contributed by atoms with Gasteiger partial charge in [-0.25, -0.2) is 0 Å². The maximum absolute atomic E-state index is 12.9. The quantitative estimate of drug-likeness (QED) is 0.402. The van der Waals surface area contributed by atoms with Gasteiger partial charge in [-0.15, -0.1) is 0 Å². The van der Waals surface area contributed by atoms with Gasteiger partial charge in [0, 0.05) is 0 Å². The second-order valence-electron chi connectivity index (χ2n) is 10.0. The van der Waals surface area contributed by atoms with E-state index in [9.17, 15) is 26.3 Å². The van der Waals surface area contributed by atoms with Crippen LogP contribution < -0.4 is 0 Å². The minimum Gasteiger partial charge on any atom is -0.360 e. The largest absolute Gasteiger partial charge is 0.423 e. The predicted octanol–water partition coefficient (Wildman–Crippen LogP) is 7.16. The van der Waals surface area contributed by atoms with Gasteiger partial charge in [0.2, 0.25) is 6.10 Å². The Labute approximate surface area is 163 Å². The fourth-order valence-corrected chi connectivity index (χ4v) is 6.85. The van der Waals surface area contributed by atoms with Gasteiger partial charge in [0.15, 0.2) is 0 Å². The average Bonchev–Trinajstić information content (AvgIpc) is 2.55. The fourth-order valence-electron chi connectivity index (χ4n) is 6.85. The van der Waals surface area contributed by atoms with E-state index in [1.807, 2.05) is 6.92 Å². The molecule has 0 spiro atoms. The van der Waals surface area contributed by atoms with Crippen LogP contribution in [0, 0.1) is 34.5 Å². The molecular formula is C21H32F6O. The van der Waals surface area contributed by atoms with Gasteiger partial charge in [-0.05, 0) is 85.9 Å². The Kier molecular flexibility index (Phi) is 5.83. The molecule has 0 N–H and O–H groups in total. The van der Waals surface area contributed by atoms with Gasteiger partial charge < -0.3 is 4.74 Å². The normalized spacial score (nSPS) is 37.5. The number of ether oxygens (including phenoxy) is 1. The molecule has 4 saturated carbocycles. The summed E-state index contributed by atoms with van der Waals surface area (Å²) in [5.41, 5.74) is -0.659. The molecule has 1 nitrogen and oxygen atoms in total. The lowest BCUT2D eigenvalue weighted by Gasteiger charge is -2.63. The molecule has 1 unspecified atom stereocenters. The van der Waals surface area contributed by atoms with E-state index in [4.69, 9.17) is 0 Å². The minimum absolute atomic E-state index is 0.0352. The number of halogens is 6. The molecule has 0 radical (unpaired) electrons. The average molecular weight is 414 g/mol. The highest BCUT2D eigenvalue weighted by atomic mass is 19.4. The second-order valence-corrected chi connectivity index (χ2v) is 10.0. The molecule has 4 aliphatic carbocycles. The van der Waals surface area contributed by atoms with Crippen molar-refractivity contribution in [2.75, 3.05) is 6.61 Å². The van der Waals surface area contributed by atoms with Gasteiger partial charge in [-0.2, -0.15) is 26.3 Å². The molecule has 0 saturated heterocycles. The van der Waals surface area contributed by atoms with E-state index in [0.29, 0.717) is 24.7 Å². The Balaban J connectivity index is 1.76. The van der Waals surface area contributed by atoms with Gasteiger partial charge in [0.1, 0.15) is 0 Å². The number of alkyl halides is 6. The van der Waals surface area contributed by atoms with Gasteiger partial charge in [-0.3, -0.25) is 0 Å². The fraction of sp³-hybridized carbons (Fsp3) is 1.00. The summed E-state index contributed by atoms with van der Waals surface area (Å²) in [6.07, 6.45) is -6.49. The first kappa shape index (κ1) is 22.2. The molecule has 0 heterocycles. The molecule has 7 heteroatoms. The summed E-state index contributed by atoms with van der Waals surface area (Å²) in [7, 11) is 0. The van der Waals surface area contributed by atoms with Crippen LogP contribution in [0.15, 0.2) is 0 Å². The van der Waals surface area contributed by atoms with Crippen molar-refractivity contribution in [1.29, 1.82) is 0 Å². The van der Waals surface area contributed by atoms with Crippen molar-refractivity contribution in [3.63, 3.8) is 0 Å². The molecule has 0 amide bonds. The molecule has 0 aromatic carbocycles. The van der Waals surface area contributed by atoms with Crippen LogP contribution in [-0.2, 0) is 4.74 Å². The molecule has 1 atom stereocenters. The first-order valence-corrected chi connectivity index (χ1v) is 10.6. The minimum atomic E-state index is -5.45. The van der Waals surface area contributed by atoms with E-state index < -0.39 is 30.5 Å². The van der Waals surface area contributed by atoms with Crippen molar-refractivity contribution >= 4 is 0 Å². The Hall–Kier alpha value is -0.460. The monoisotopic (exact) mass is 414 g/mol. The van der Waals surface area contributed by atoms with E-state index in [1.54, 1.807) is 6.92 Å². The lowest BCUT2D eigenvalue weighted by atomic mass is 9.42. The van der Waals surface area contributed by atoms with Crippen molar-refractivity contribution in [3.05, 3.63) is 0 Å². The maximum atomic E-state index is 12.9. The zero-order valence-electron chi connectivity index (χ0n) is 16.9. The smallest absolute Gasteiger partial charge is 0.360 e. The molecule has 0 aromatic heterocycles. The van der Waals surface area contributed by atoms with E-state index >= 15 is 0 Å². The molecule has 0 aromatic rings. The predicted molar refractivity (Wildman–Crippen MR) is 94.6 cm³/mol. The van der Waals surface area contributed by atoms with Crippen molar-refractivity contribution < 1.29 is 31.1 Å². The van der Waals surface area contributed by atoms with Crippen molar-refractivity contribution in [2.24, 2.45) is 34.5 Å². The summed E-state index contributed by atoms with van der Waals surface area (Å²) < 4.78 is 81.9. The molecule has 4 aliphatic rings. The first-order chi connectivity index (χ1) is 12.8. The van der Waals surface area contributed by atoms with Crippen LogP contribution in [0.25, 0.3) is 0 Å². The second kappa shape index (κ2) is 7.35. The standard InChI is InChI=1S/C21H32F6O/c1-4-18(3,12-28-17(20(22,23)24)21(25,26)27)11-19(5-2)15-7-13-6-14(9-15)10-16(19)8-13/h13-17H,4-12H2,1-3H3. The van der Waals surface area contributed by atoms with Crippen LogP contribution in [0.2, 0.25) is 0 Å². The highest BCUT2D eigenvalue weighted by Gasteiger charge is 2.60. The summed E-state index contributed by atoms with van der Waals surface area (Å²) in [6.45, 7) is 5.28. The highest BCUT2D eigenvalue weighted by Crippen LogP contribution is 2.66. The summed E-state index contributed by atoms with van der Waals surface area (Å²) in [4.78, 5) is 0. The number of rotatable bonds is 7. The third-order valence-corrected chi connectivity index (χ3v) is 8.22. The van der Waals surface area contributed by atoms with E-state index in [0.717, 1.165) is 18.3 Å². The summed E-state index contributed by atoms with van der Waals surface area (Å²) in [5, 5.41) is 0. The Morgan fingerprint density at radius 2 is 1.32 bits per heavy atom. The molecule has 0 aliphatic heterocycles. The van der Waals surface area contributed by atoms with Gasteiger partial charge >= 0.3 is 12.4 Å². The maximum Gasteiger partial charge on any atom is 0.423 e. The van der Waals surface area contributed by atoms with Crippen molar-refractivity contribution in [3.8, 4) is 0 Å². The first-order valence-electron chi connectivity index (χ1n) is 10.6. The Morgan fingerprint density at radius 3 is 1.68 bits per heavy atom. The topological polar surface area (TPSA) is 9.23 Å². The van der Waals surface area contributed by atoms with Gasteiger partial charge in [-0.1, -0.05) is 20.8 Å². The highest BCUT2D eigenvalue weighted by molar-refractivity contribution is 5.07. The van der Waals surface area contributed by atoms with Crippen LogP contribution >= 0.6 is 0 Å². The molecule has 164 valence electrons. The van der Waals surface area contributed by atoms with Crippen molar-refractivity contribution in [2.45, 2.75) is 90.6 Å². The number of hydrogen-bond donors (Lipinski definition) is 0. The summed E-state index contributed by atoms with van der Waals surface area (Å²) in [6, 6.07) is 0. The lowest BCUT2D eigenvalue weighted by molar-refractivity contribution is -0.327. The third kappa shape index (κ3) is 4.06. The van der Waals surface area contributed by atoms with E-state index in [1.165, 1.54) is 32.1 Å². The van der Waals surface area contributed by atoms with Crippen LogP contribution in [0.5, 0.6) is 0 Å². The SMILES string of the molecule is CCC(C)(COC(C(F)(F)F)C(F)(F)F)CC1(CC)C2CC3CC(C2)CC1C3. The molecule has 4 fully saturated rings. The molecular weight excluding hydrogens is 382 g/mol. The van der Waals surface area contributed by atoms with Gasteiger partial charge in [0.25, 0.3) is 0 Å². The zero-order chi connectivity index (χ0) is 21.0. The van der Waals surface area contributed by atoms with Crippen molar-refractivity contribution in [1.82, 2.24) is 0 Å². The molecule has 4 bridgehead atoms.